The molecular weight excluding hydrogens is 983 g/mol. The number of aliphatic imine (C=N–C) groups is 1. The molecule has 2 unspecified atom stereocenters. The van der Waals surface area contributed by atoms with E-state index in [0.717, 1.165) is 21.6 Å². The number of phenolic OH excluding ortho intramolecular Hbond substituents is 1. The summed E-state index contributed by atoms with van der Waals surface area (Å²) in [6, 6.07) is -5.40. The molecule has 2 saturated heterocycles. The molecule has 9 atom stereocenters. The van der Waals surface area contributed by atoms with Gasteiger partial charge in [0.25, 0.3) is 0 Å². The van der Waals surface area contributed by atoms with Crippen molar-refractivity contribution in [3.63, 3.8) is 0 Å². The first kappa shape index (κ1) is 59.4. The Morgan fingerprint density at radius 2 is 1.43 bits per heavy atom. The number of benzene rings is 1. The van der Waals surface area contributed by atoms with E-state index in [9.17, 15) is 57.8 Å². The Labute approximate surface area is 423 Å². The number of carbonyl (C=O) groups is 11. The number of likely N-dealkylation sites (tertiary alicyclic amines) is 1. The molecule has 1 aromatic carbocycles. The van der Waals surface area contributed by atoms with E-state index in [0.29, 0.717) is 18.4 Å². The predicted molar refractivity (Wildman–Crippen MR) is 265 cm³/mol. The second-order valence-corrected chi connectivity index (χ2v) is 19.8. The van der Waals surface area contributed by atoms with E-state index in [2.05, 4.69) is 42.2 Å². The Bertz CT molecular complexity index is 2170. The highest BCUT2D eigenvalue weighted by molar-refractivity contribution is 8.76. The molecule has 72 heavy (non-hydrogen) atoms. The molecule has 0 bridgehead atoms. The van der Waals surface area contributed by atoms with Crippen molar-refractivity contribution in [1.82, 2.24) is 42.1 Å². The molecule has 398 valence electrons. The van der Waals surface area contributed by atoms with Crippen LogP contribution in [0.1, 0.15) is 70.8 Å². The third kappa shape index (κ3) is 19.7. The molecule has 2 heterocycles. The zero-order valence-corrected chi connectivity index (χ0v) is 41.7. The molecule has 1 aromatic rings. The van der Waals surface area contributed by atoms with Gasteiger partial charge in [0.1, 0.15) is 48.0 Å². The lowest BCUT2D eigenvalue weighted by molar-refractivity contribution is -0.142. The van der Waals surface area contributed by atoms with Gasteiger partial charge in [0.05, 0.1) is 19.0 Å². The van der Waals surface area contributed by atoms with Gasteiger partial charge in [-0.3, -0.25) is 57.7 Å². The minimum Gasteiger partial charge on any atom is -0.508 e. The normalized spacial score (nSPS) is 23.6. The average molecular weight is 1050 g/mol. The Morgan fingerprint density at radius 1 is 0.806 bits per heavy atom. The SMILES string of the molecule is CC[C@H](C)C1NC(=O)[C@H](Cc2ccc(O)cc2)NC(=O)[C@@H](N)CSSC[C@@H](C(=O)N2CCCC2C(=O)N[C@@H](CCCN=C(N)N)C(=O)NCC(N)=O)NC(=O)[C@H](CC(N)=O)NC(=O)[C@H](CCC(N)=O)NC1=O. The minimum atomic E-state index is -1.78. The van der Waals surface area contributed by atoms with Crippen molar-refractivity contribution in [3.05, 3.63) is 29.8 Å². The Kier molecular flexibility index (Phi) is 24.3. The number of aromatic hydroxyl groups is 1. The summed E-state index contributed by atoms with van der Waals surface area (Å²) < 4.78 is 0. The number of carbonyl (C=O) groups excluding carboxylic acids is 11. The van der Waals surface area contributed by atoms with Crippen LogP contribution in [0.2, 0.25) is 0 Å². The second kappa shape index (κ2) is 29.5. The molecule has 27 nitrogen and oxygen atoms in total. The van der Waals surface area contributed by atoms with Crippen molar-refractivity contribution in [1.29, 1.82) is 0 Å². The maximum absolute atomic E-state index is 14.5. The van der Waals surface area contributed by atoms with Crippen molar-refractivity contribution in [2.45, 2.75) is 120 Å². The van der Waals surface area contributed by atoms with Gasteiger partial charge < -0.3 is 81.6 Å². The van der Waals surface area contributed by atoms with Gasteiger partial charge in [-0.15, -0.1) is 0 Å². The number of nitrogens with one attached hydrogen (secondary N) is 7. The summed E-state index contributed by atoms with van der Waals surface area (Å²) in [4.78, 5) is 152. The van der Waals surface area contributed by atoms with Crippen molar-refractivity contribution in [2.75, 3.05) is 31.1 Å². The zero-order valence-electron chi connectivity index (χ0n) is 40.0. The molecule has 20 N–H and O–H groups in total. The smallest absolute Gasteiger partial charge is 0.246 e. The Hall–Kier alpha value is -6.88. The molecule has 0 aromatic heterocycles. The van der Waals surface area contributed by atoms with Gasteiger partial charge in [0, 0.05) is 37.4 Å². The standard InChI is InChI=1S/C43H67N15O12S2/c1-3-21(2)34-41(69)53-26(12-13-31(45)60)37(65)55-28(17-32(46)61)38(66)56-29(20-72-71-19-24(44)35(63)54-27(39(67)57-34)16-22-8-10-23(59)11-9-22)42(70)58-15-5-7-30(58)40(68)52-25(6-4-14-50-43(48)49)36(64)51-18-33(47)62/h8-11,21,24-30,34,59H,3-7,12-20,44H2,1-2H3,(H2,45,60)(H2,46,61)(H2,47,62)(H,51,64)(H,52,68)(H,53,69)(H,54,63)(H,55,65)(H,56,66)(H,57,67)(H4,48,49,50)/t21-,24-,25-,26-,27-,28-,29-,30?,34?/m0/s1. The molecular formula is C43H67N15O12S2. The quantitative estimate of drug-likeness (QED) is 0.0266. The van der Waals surface area contributed by atoms with Gasteiger partial charge in [0.2, 0.25) is 65.0 Å². The number of nitrogens with two attached hydrogens (primary N) is 6. The summed E-state index contributed by atoms with van der Waals surface area (Å²) in [6.45, 7) is 2.95. The monoisotopic (exact) mass is 1050 g/mol. The summed E-state index contributed by atoms with van der Waals surface area (Å²) in [7, 11) is 2.00. The van der Waals surface area contributed by atoms with Crippen LogP contribution in [0.4, 0.5) is 0 Å². The highest BCUT2D eigenvalue weighted by Gasteiger charge is 2.41. The number of nitrogens with zero attached hydrogens (tertiary/aromatic N) is 2. The van der Waals surface area contributed by atoms with Crippen LogP contribution in [-0.4, -0.2) is 160 Å². The average Bonchev–Trinajstić information content (AvgIpc) is 3.82. The number of hydrogen-bond acceptors (Lipinski definition) is 16. The fraction of sp³-hybridized carbons (Fsp3) is 0.581. The molecule has 29 heteroatoms. The van der Waals surface area contributed by atoms with Crippen LogP contribution in [0.15, 0.2) is 29.3 Å². The molecule has 3 rings (SSSR count). The van der Waals surface area contributed by atoms with Gasteiger partial charge in [0.15, 0.2) is 5.96 Å². The lowest BCUT2D eigenvalue weighted by Gasteiger charge is -2.31. The van der Waals surface area contributed by atoms with E-state index < -0.39 is 145 Å². The molecule has 11 amide bonds. The number of hydrogen-bond donors (Lipinski definition) is 14. The van der Waals surface area contributed by atoms with Crippen molar-refractivity contribution >= 4 is 92.5 Å². The van der Waals surface area contributed by atoms with E-state index in [4.69, 9.17) is 34.4 Å². The maximum atomic E-state index is 14.5. The fourth-order valence-corrected chi connectivity index (χ4v) is 9.69. The predicted octanol–water partition coefficient (Wildman–Crippen LogP) is -5.60. The molecule has 2 aliphatic heterocycles. The summed E-state index contributed by atoms with van der Waals surface area (Å²) in [5, 5.41) is 27.6. The lowest BCUT2D eigenvalue weighted by Crippen LogP contribution is -2.61. The minimum absolute atomic E-state index is 0.00520. The first-order valence-corrected chi connectivity index (χ1v) is 25.6. The van der Waals surface area contributed by atoms with Gasteiger partial charge >= 0.3 is 0 Å². The van der Waals surface area contributed by atoms with Crippen LogP contribution < -0.4 is 71.6 Å². The van der Waals surface area contributed by atoms with E-state index in [-0.39, 0.29) is 62.0 Å². The van der Waals surface area contributed by atoms with Gasteiger partial charge in [-0.1, -0.05) is 54.0 Å². The van der Waals surface area contributed by atoms with E-state index in [1.165, 1.54) is 29.2 Å². The number of rotatable bonds is 19. The van der Waals surface area contributed by atoms with Gasteiger partial charge in [-0.2, -0.15) is 0 Å². The number of amides is 11. The third-order valence-corrected chi connectivity index (χ3v) is 14.0. The van der Waals surface area contributed by atoms with Crippen molar-refractivity contribution in [2.24, 2.45) is 45.3 Å². The topological polar surface area (TPSA) is 464 Å². The molecule has 0 saturated carbocycles. The molecule has 0 spiro atoms. The summed E-state index contributed by atoms with van der Waals surface area (Å²) in [5.74, 6) is -10.9. The first-order chi connectivity index (χ1) is 34.0. The van der Waals surface area contributed by atoms with Crippen LogP contribution >= 0.6 is 21.6 Å². The van der Waals surface area contributed by atoms with Crippen LogP contribution in [0, 0.1) is 5.92 Å². The Balaban J connectivity index is 2.04. The summed E-state index contributed by atoms with van der Waals surface area (Å²) in [5.41, 5.74) is 33.7. The van der Waals surface area contributed by atoms with Crippen LogP contribution in [0.25, 0.3) is 0 Å². The highest BCUT2D eigenvalue weighted by atomic mass is 33.1. The molecule has 2 aliphatic rings. The summed E-state index contributed by atoms with van der Waals surface area (Å²) in [6.07, 6.45) is -0.813. The molecule has 0 radical (unpaired) electrons. The highest BCUT2D eigenvalue weighted by Crippen LogP contribution is 2.26. The van der Waals surface area contributed by atoms with Crippen LogP contribution in [-0.2, 0) is 59.2 Å². The lowest BCUT2D eigenvalue weighted by atomic mass is 9.96. The molecule has 2 fully saturated rings. The summed E-state index contributed by atoms with van der Waals surface area (Å²) >= 11 is 0. The number of guanidine groups is 1. The zero-order chi connectivity index (χ0) is 53.7. The third-order valence-electron chi connectivity index (χ3n) is 11.5. The Morgan fingerprint density at radius 3 is 2.06 bits per heavy atom. The van der Waals surface area contributed by atoms with Crippen molar-refractivity contribution in [3.8, 4) is 5.75 Å². The van der Waals surface area contributed by atoms with Gasteiger partial charge in [-0.25, -0.2) is 0 Å². The first-order valence-electron chi connectivity index (χ1n) is 23.1. The van der Waals surface area contributed by atoms with Crippen LogP contribution in [0.3, 0.4) is 0 Å². The number of phenols is 1. The maximum Gasteiger partial charge on any atom is 0.246 e. The number of primary amides is 3. The van der Waals surface area contributed by atoms with E-state index in [1.807, 2.05) is 0 Å². The van der Waals surface area contributed by atoms with Crippen molar-refractivity contribution < 1.29 is 57.8 Å². The largest absolute Gasteiger partial charge is 0.508 e. The van der Waals surface area contributed by atoms with E-state index in [1.54, 1.807) is 13.8 Å². The van der Waals surface area contributed by atoms with Gasteiger partial charge in [-0.05, 0) is 55.7 Å². The fourth-order valence-electron chi connectivity index (χ4n) is 7.41. The van der Waals surface area contributed by atoms with Crippen LogP contribution in [0.5, 0.6) is 5.75 Å². The molecule has 0 aliphatic carbocycles. The second-order valence-electron chi connectivity index (χ2n) is 17.2. The van der Waals surface area contributed by atoms with E-state index >= 15 is 0 Å².